The van der Waals surface area contributed by atoms with Gasteiger partial charge in [-0.05, 0) is 36.4 Å². The Labute approximate surface area is 156 Å². The van der Waals surface area contributed by atoms with Gasteiger partial charge in [0.05, 0.1) is 21.3 Å². The molecule has 3 rings (SSSR count). The van der Waals surface area contributed by atoms with E-state index in [1.54, 1.807) is 63.8 Å². The molecule has 1 heterocycles. The Morgan fingerprint density at radius 2 is 1.69 bits per heavy atom. The van der Waals surface area contributed by atoms with Crippen LogP contribution in [0.1, 0.15) is 11.1 Å². The van der Waals surface area contributed by atoms with Crippen molar-refractivity contribution < 1.29 is 19.0 Å². The number of ether oxygens (including phenoxy) is 3. The molecular weight excluding hydrogens is 356 g/mol. The van der Waals surface area contributed by atoms with Crippen LogP contribution in [0.15, 0.2) is 47.1 Å². The lowest BCUT2D eigenvalue weighted by Crippen LogP contribution is -2.24. The Hall–Kier alpha value is -2.99. The van der Waals surface area contributed by atoms with Crippen molar-refractivity contribution in [3.8, 4) is 17.2 Å². The number of aliphatic imine (C=N–C) groups is 1. The number of nitrogens with zero attached hydrogens (tertiary/aromatic N) is 1. The number of amidine groups is 1. The number of hydrogen-bond donors (Lipinski definition) is 1. The molecule has 1 N–H and O–H groups in total. The highest BCUT2D eigenvalue weighted by atomic mass is 35.5. The lowest BCUT2D eigenvalue weighted by Gasteiger charge is -2.08. The fourth-order valence-electron chi connectivity index (χ4n) is 2.51. The van der Waals surface area contributed by atoms with E-state index in [2.05, 4.69) is 10.3 Å². The van der Waals surface area contributed by atoms with Crippen LogP contribution in [0.2, 0.25) is 5.02 Å². The maximum Gasteiger partial charge on any atom is 0.275 e. The lowest BCUT2D eigenvalue weighted by atomic mass is 10.1. The zero-order valence-corrected chi connectivity index (χ0v) is 15.3. The number of benzene rings is 2. The smallest absolute Gasteiger partial charge is 0.275 e. The summed E-state index contributed by atoms with van der Waals surface area (Å²) < 4.78 is 15.8. The first kappa shape index (κ1) is 17.8. The maximum atomic E-state index is 12.3. The number of nitrogens with one attached hydrogen (secondary N) is 1. The number of carbonyl (C=O) groups excluding carboxylic acids is 1. The van der Waals surface area contributed by atoms with Crippen LogP contribution in [-0.4, -0.2) is 33.1 Å². The first-order valence-corrected chi connectivity index (χ1v) is 8.10. The minimum Gasteiger partial charge on any atom is -0.497 e. The number of methoxy groups -OCH3 is 3. The average Bonchev–Trinajstić information content (AvgIpc) is 3.02. The van der Waals surface area contributed by atoms with Gasteiger partial charge >= 0.3 is 0 Å². The van der Waals surface area contributed by atoms with Gasteiger partial charge in [0, 0.05) is 22.2 Å². The molecule has 0 bridgehead atoms. The minimum absolute atomic E-state index is 0.252. The van der Waals surface area contributed by atoms with Crippen LogP contribution < -0.4 is 19.5 Å². The van der Waals surface area contributed by atoms with Crippen molar-refractivity contribution in [3.05, 3.63) is 58.2 Å². The number of hydrogen-bond acceptors (Lipinski definition) is 5. The maximum absolute atomic E-state index is 12.3. The summed E-state index contributed by atoms with van der Waals surface area (Å²) in [5, 5.41) is 3.29. The van der Waals surface area contributed by atoms with Gasteiger partial charge in [0.15, 0.2) is 0 Å². The Kier molecular flexibility index (Phi) is 5.14. The zero-order chi connectivity index (χ0) is 18.7. The fourth-order valence-corrected chi connectivity index (χ4v) is 2.70. The second kappa shape index (κ2) is 7.49. The van der Waals surface area contributed by atoms with Crippen molar-refractivity contribution in [1.29, 1.82) is 0 Å². The van der Waals surface area contributed by atoms with Crippen molar-refractivity contribution in [1.82, 2.24) is 5.32 Å². The van der Waals surface area contributed by atoms with Crippen LogP contribution in [0.4, 0.5) is 0 Å². The van der Waals surface area contributed by atoms with E-state index < -0.39 is 0 Å². The van der Waals surface area contributed by atoms with Crippen molar-refractivity contribution in [2.45, 2.75) is 0 Å². The molecule has 0 aromatic heterocycles. The van der Waals surface area contributed by atoms with Gasteiger partial charge < -0.3 is 19.5 Å². The predicted molar refractivity (Wildman–Crippen MR) is 100 cm³/mol. The van der Waals surface area contributed by atoms with E-state index >= 15 is 0 Å². The molecule has 134 valence electrons. The third kappa shape index (κ3) is 3.65. The normalized spacial score (nSPS) is 14.8. The molecule has 0 aliphatic carbocycles. The monoisotopic (exact) mass is 372 g/mol. The summed E-state index contributed by atoms with van der Waals surface area (Å²) in [6.07, 6.45) is 1.63. The third-order valence-electron chi connectivity index (χ3n) is 3.81. The van der Waals surface area contributed by atoms with Gasteiger partial charge in [0.25, 0.3) is 5.91 Å². The Morgan fingerprint density at radius 3 is 2.31 bits per heavy atom. The SMILES string of the molecule is COc1cc(OC)cc(C2=N/C(=C/c3cc(Cl)ccc3OC)C(=O)N2)c1. The second-order valence-corrected chi connectivity index (χ2v) is 5.87. The van der Waals surface area contributed by atoms with E-state index in [9.17, 15) is 4.79 Å². The van der Waals surface area contributed by atoms with Gasteiger partial charge in [0.1, 0.15) is 28.8 Å². The van der Waals surface area contributed by atoms with Gasteiger partial charge in [-0.1, -0.05) is 11.6 Å². The molecule has 1 amide bonds. The summed E-state index contributed by atoms with van der Waals surface area (Å²) in [6.45, 7) is 0. The fraction of sp³-hybridized carbons (Fsp3) is 0.158. The van der Waals surface area contributed by atoms with Crippen molar-refractivity contribution >= 4 is 29.4 Å². The quantitative estimate of drug-likeness (QED) is 0.818. The van der Waals surface area contributed by atoms with E-state index in [1.165, 1.54) is 0 Å². The molecule has 2 aromatic rings. The van der Waals surface area contributed by atoms with Crippen LogP contribution in [0, 0.1) is 0 Å². The molecule has 0 saturated heterocycles. The van der Waals surface area contributed by atoms with Crippen molar-refractivity contribution in [3.63, 3.8) is 0 Å². The van der Waals surface area contributed by atoms with Crippen molar-refractivity contribution in [2.75, 3.05) is 21.3 Å². The molecule has 1 aliphatic heterocycles. The molecule has 26 heavy (non-hydrogen) atoms. The molecular formula is C19H17ClN2O4. The van der Waals surface area contributed by atoms with Gasteiger partial charge in [-0.2, -0.15) is 0 Å². The lowest BCUT2D eigenvalue weighted by molar-refractivity contribution is -0.115. The first-order chi connectivity index (χ1) is 12.5. The molecule has 0 spiro atoms. The van der Waals surface area contributed by atoms with Crippen molar-refractivity contribution in [2.24, 2.45) is 4.99 Å². The largest absolute Gasteiger partial charge is 0.497 e. The number of carbonyl (C=O) groups is 1. The summed E-state index contributed by atoms with van der Waals surface area (Å²) in [7, 11) is 4.67. The van der Waals surface area contributed by atoms with E-state index in [-0.39, 0.29) is 11.6 Å². The molecule has 2 aromatic carbocycles. The Bertz CT molecular complexity index is 900. The summed E-state index contributed by atoms with van der Waals surface area (Å²) in [5.41, 5.74) is 1.59. The third-order valence-corrected chi connectivity index (χ3v) is 4.04. The number of amides is 1. The Balaban J connectivity index is 2.01. The molecule has 0 fully saturated rings. The molecule has 6 nitrogen and oxygen atoms in total. The van der Waals surface area contributed by atoms with Gasteiger partial charge in [-0.3, -0.25) is 4.79 Å². The molecule has 7 heteroatoms. The van der Waals surface area contributed by atoms with E-state index in [1.807, 2.05) is 0 Å². The highest BCUT2D eigenvalue weighted by Crippen LogP contribution is 2.27. The summed E-state index contributed by atoms with van der Waals surface area (Å²) in [6, 6.07) is 10.4. The van der Waals surface area contributed by atoms with Gasteiger partial charge in [-0.25, -0.2) is 4.99 Å². The van der Waals surface area contributed by atoms with E-state index in [0.29, 0.717) is 39.2 Å². The summed E-state index contributed by atoms with van der Waals surface area (Å²) in [4.78, 5) is 16.7. The zero-order valence-electron chi connectivity index (χ0n) is 14.5. The van der Waals surface area contributed by atoms with Crippen LogP contribution in [0.5, 0.6) is 17.2 Å². The topological polar surface area (TPSA) is 69.1 Å². The van der Waals surface area contributed by atoms with Gasteiger partial charge in [0.2, 0.25) is 0 Å². The standard InChI is InChI=1S/C19H17ClN2O4/c1-24-14-7-12(8-15(10-14)25-2)18-21-16(19(23)22-18)9-11-6-13(20)4-5-17(11)26-3/h4-10H,1-3H3,(H,21,22,23)/b16-9+. The minimum atomic E-state index is -0.316. The van der Waals surface area contributed by atoms with Crippen LogP contribution in [0.3, 0.4) is 0 Å². The molecule has 0 atom stereocenters. The molecule has 0 radical (unpaired) electrons. The Morgan fingerprint density at radius 1 is 1.00 bits per heavy atom. The van der Waals surface area contributed by atoms with Gasteiger partial charge in [-0.15, -0.1) is 0 Å². The average molecular weight is 373 g/mol. The van der Waals surface area contributed by atoms with Crippen LogP contribution in [0.25, 0.3) is 6.08 Å². The second-order valence-electron chi connectivity index (χ2n) is 5.43. The predicted octanol–water partition coefficient (Wildman–Crippen LogP) is 3.28. The van der Waals surface area contributed by atoms with Crippen LogP contribution in [-0.2, 0) is 4.79 Å². The number of rotatable bonds is 5. The number of halogens is 1. The van der Waals surface area contributed by atoms with E-state index in [0.717, 1.165) is 0 Å². The first-order valence-electron chi connectivity index (χ1n) is 7.72. The summed E-state index contributed by atoms with van der Waals surface area (Å²) in [5.74, 6) is 1.90. The molecule has 1 aliphatic rings. The highest BCUT2D eigenvalue weighted by Gasteiger charge is 2.22. The van der Waals surface area contributed by atoms with Crippen LogP contribution >= 0.6 is 11.6 Å². The molecule has 0 saturated carbocycles. The molecule has 0 unspecified atom stereocenters. The summed E-state index contributed by atoms with van der Waals surface area (Å²) >= 11 is 6.04. The highest BCUT2D eigenvalue weighted by molar-refractivity contribution is 6.30. The van der Waals surface area contributed by atoms with E-state index in [4.69, 9.17) is 25.8 Å².